The smallest absolute Gasteiger partial charge is 0.337 e. The Bertz CT molecular complexity index is 751. The summed E-state index contributed by atoms with van der Waals surface area (Å²) < 4.78 is 4.88. The van der Waals surface area contributed by atoms with Crippen molar-refractivity contribution in [2.45, 2.75) is 0 Å². The summed E-state index contributed by atoms with van der Waals surface area (Å²) >= 11 is 1.21. The zero-order valence-electron chi connectivity index (χ0n) is 11.3. The summed E-state index contributed by atoms with van der Waals surface area (Å²) in [7, 11) is 1.25. The van der Waals surface area contributed by atoms with E-state index in [-0.39, 0.29) is 28.3 Å². The number of carboxylic acid groups (broad SMARTS) is 1. The first-order valence-corrected chi connectivity index (χ1v) is 6.86. The van der Waals surface area contributed by atoms with Crippen molar-refractivity contribution in [3.8, 4) is 11.5 Å². The molecular formula is C14H11NO6S. The lowest BCUT2D eigenvalue weighted by molar-refractivity contribution is -0.385. The minimum absolute atomic E-state index is 0.00292. The molecule has 0 aliphatic carbocycles. The Morgan fingerprint density at radius 2 is 2.18 bits per heavy atom. The number of phenolic OH excluding ortho intramolecular Hbond substituents is 1. The molecule has 0 saturated heterocycles. The predicted molar refractivity (Wildman–Crippen MR) is 81.1 cm³/mol. The second-order valence-electron chi connectivity index (χ2n) is 4.18. The Balaban J connectivity index is 2.64. The van der Waals surface area contributed by atoms with Crippen molar-refractivity contribution < 1.29 is 24.7 Å². The first-order chi connectivity index (χ1) is 10.4. The van der Waals surface area contributed by atoms with Crippen molar-refractivity contribution in [3.05, 3.63) is 50.2 Å². The summed E-state index contributed by atoms with van der Waals surface area (Å²) in [6.45, 7) is 0. The fourth-order valence-electron chi connectivity index (χ4n) is 1.81. The maximum absolute atomic E-state index is 11.4. The standard InChI is InChI=1S/C14H11NO6S/c1-21-11-7-9(15(19)20)5-8(13(11)16)6-10(14(17)18)12-3-2-4-22-12/h2-7,16H,1H3,(H,17,18)/b10-6-. The Morgan fingerprint density at radius 3 is 2.68 bits per heavy atom. The van der Waals surface area contributed by atoms with Gasteiger partial charge in [0.1, 0.15) is 0 Å². The van der Waals surface area contributed by atoms with Crippen LogP contribution in [-0.2, 0) is 4.79 Å². The van der Waals surface area contributed by atoms with Crippen LogP contribution < -0.4 is 4.74 Å². The molecule has 0 aliphatic rings. The zero-order chi connectivity index (χ0) is 16.3. The second kappa shape index (κ2) is 6.27. The van der Waals surface area contributed by atoms with E-state index in [0.717, 1.165) is 12.1 Å². The van der Waals surface area contributed by atoms with Gasteiger partial charge in [0.25, 0.3) is 5.69 Å². The van der Waals surface area contributed by atoms with E-state index in [4.69, 9.17) is 4.74 Å². The molecule has 1 heterocycles. The minimum atomic E-state index is -1.20. The average Bonchev–Trinajstić information content (AvgIpc) is 2.99. The molecule has 0 spiro atoms. The summed E-state index contributed by atoms with van der Waals surface area (Å²) in [4.78, 5) is 22.1. The zero-order valence-corrected chi connectivity index (χ0v) is 12.2. The van der Waals surface area contributed by atoms with Crippen molar-refractivity contribution in [1.82, 2.24) is 0 Å². The molecule has 0 bridgehead atoms. The number of carbonyl (C=O) groups is 1. The SMILES string of the molecule is COc1cc([N+](=O)[O-])cc(/C=C(\C(=O)O)c2cccs2)c1O. The molecule has 7 nitrogen and oxygen atoms in total. The number of ether oxygens (including phenoxy) is 1. The first-order valence-electron chi connectivity index (χ1n) is 5.98. The van der Waals surface area contributed by atoms with E-state index in [1.54, 1.807) is 17.5 Å². The summed E-state index contributed by atoms with van der Waals surface area (Å²) in [5.41, 5.74) is -0.387. The Hall–Kier alpha value is -2.87. The number of thiophene rings is 1. The maximum atomic E-state index is 11.4. The highest BCUT2D eigenvalue weighted by atomic mass is 32.1. The lowest BCUT2D eigenvalue weighted by Gasteiger charge is -2.07. The number of rotatable bonds is 5. The Kier molecular flexibility index (Phi) is 4.42. The molecule has 0 aliphatic heterocycles. The molecule has 8 heteroatoms. The normalized spacial score (nSPS) is 11.2. The quantitative estimate of drug-likeness (QED) is 0.497. The minimum Gasteiger partial charge on any atom is -0.504 e. The number of aromatic hydroxyl groups is 1. The molecular weight excluding hydrogens is 310 g/mol. The monoisotopic (exact) mass is 321 g/mol. The summed E-state index contributed by atoms with van der Waals surface area (Å²) in [5, 5.41) is 32.0. The van der Waals surface area contributed by atoms with E-state index in [1.807, 2.05) is 0 Å². The van der Waals surface area contributed by atoms with Crippen LogP contribution in [0.1, 0.15) is 10.4 Å². The molecule has 114 valence electrons. The van der Waals surface area contributed by atoms with Crippen molar-refractivity contribution in [3.63, 3.8) is 0 Å². The Labute approximate surface area is 128 Å². The van der Waals surface area contributed by atoms with E-state index in [1.165, 1.54) is 24.5 Å². The van der Waals surface area contributed by atoms with Gasteiger partial charge in [0.15, 0.2) is 11.5 Å². The highest BCUT2D eigenvalue weighted by Gasteiger charge is 2.18. The fourth-order valence-corrected chi connectivity index (χ4v) is 2.54. The number of phenols is 1. The molecule has 0 atom stereocenters. The fraction of sp³-hybridized carbons (Fsp3) is 0.0714. The molecule has 1 aromatic carbocycles. The number of methoxy groups -OCH3 is 1. The lowest BCUT2D eigenvalue weighted by atomic mass is 10.1. The van der Waals surface area contributed by atoms with Crippen LogP contribution in [0.15, 0.2) is 29.6 Å². The molecule has 2 rings (SSSR count). The predicted octanol–water partition coefficient (Wildman–Crippen LogP) is 3.00. The molecule has 1 aromatic heterocycles. The van der Waals surface area contributed by atoms with Crippen molar-refractivity contribution in [2.24, 2.45) is 0 Å². The maximum Gasteiger partial charge on any atom is 0.337 e. The number of carboxylic acids is 1. The van der Waals surface area contributed by atoms with E-state index < -0.39 is 10.9 Å². The number of nitro benzene ring substituents is 1. The molecule has 22 heavy (non-hydrogen) atoms. The summed E-state index contributed by atoms with van der Waals surface area (Å²) in [5.74, 6) is -1.66. The second-order valence-corrected chi connectivity index (χ2v) is 5.13. The van der Waals surface area contributed by atoms with Crippen molar-refractivity contribution in [1.29, 1.82) is 0 Å². The largest absolute Gasteiger partial charge is 0.504 e. The molecule has 0 saturated carbocycles. The Morgan fingerprint density at radius 1 is 1.45 bits per heavy atom. The van der Waals surface area contributed by atoms with Gasteiger partial charge in [0.2, 0.25) is 0 Å². The number of hydrogen-bond acceptors (Lipinski definition) is 6. The topological polar surface area (TPSA) is 110 Å². The first kappa shape index (κ1) is 15.5. The van der Waals surface area contributed by atoms with Gasteiger partial charge < -0.3 is 14.9 Å². The number of benzene rings is 1. The van der Waals surface area contributed by atoms with E-state index in [0.29, 0.717) is 4.88 Å². The third-order valence-corrected chi connectivity index (χ3v) is 3.74. The molecule has 2 N–H and O–H groups in total. The summed E-state index contributed by atoms with van der Waals surface area (Å²) in [6, 6.07) is 5.45. The lowest BCUT2D eigenvalue weighted by Crippen LogP contribution is -1.98. The van der Waals surface area contributed by atoms with E-state index in [2.05, 4.69) is 0 Å². The number of nitro groups is 1. The van der Waals surface area contributed by atoms with Crippen LogP contribution in [0.4, 0.5) is 5.69 Å². The van der Waals surface area contributed by atoms with E-state index in [9.17, 15) is 25.1 Å². The van der Waals surface area contributed by atoms with Gasteiger partial charge in [-0.25, -0.2) is 4.79 Å². The van der Waals surface area contributed by atoms with Crippen LogP contribution in [0.3, 0.4) is 0 Å². The van der Waals surface area contributed by atoms with Gasteiger partial charge >= 0.3 is 5.97 Å². The highest BCUT2D eigenvalue weighted by Crippen LogP contribution is 2.37. The molecule has 0 fully saturated rings. The van der Waals surface area contributed by atoms with Gasteiger partial charge in [-0.1, -0.05) is 6.07 Å². The van der Waals surface area contributed by atoms with Gasteiger partial charge in [-0.15, -0.1) is 11.3 Å². The van der Waals surface area contributed by atoms with Crippen LogP contribution in [0.25, 0.3) is 11.6 Å². The van der Waals surface area contributed by atoms with Gasteiger partial charge in [-0.2, -0.15) is 0 Å². The van der Waals surface area contributed by atoms with Crippen LogP contribution in [0.2, 0.25) is 0 Å². The molecule has 0 amide bonds. The average molecular weight is 321 g/mol. The molecule has 0 radical (unpaired) electrons. The van der Waals surface area contributed by atoms with Crippen LogP contribution in [0, 0.1) is 10.1 Å². The van der Waals surface area contributed by atoms with Crippen LogP contribution in [-0.4, -0.2) is 28.2 Å². The van der Waals surface area contributed by atoms with Crippen molar-refractivity contribution >= 4 is 34.6 Å². The number of aliphatic carboxylic acids is 1. The van der Waals surface area contributed by atoms with Gasteiger partial charge in [0.05, 0.1) is 23.7 Å². The number of nitrogens with zero attached hydrogens (tertiary/aromatic N) is 1. The number of non-ortho nitro benzene ring substituents is 1. The number of hydrogen-bond donors (Lipinski definition) is 2. The summed E-state index contributed by atoms with van der Waals surface area (Å²) in [6.07, 6.45) is 1.18. The van der Waals surface area contributed by atoms with Gasteiger partial charge in [0, 0.05) is 16.5 Å². The van der Waals surface area contributed by atoms with Gasteiger partial charge in [-0.05, 0) is 17.5 Å². The third-order valence-electron chi connectivity index (χ3n) is 2.84. The highest BCUT2D eigenvalue weighted by molar-refractivity contribution is 7.11. The molecule has 0 unspecified atom stereocenters. The molecule has 2 aromatic rings. The third kappa shape index (κ3) is 3.07. The van der Waals surface area contributed by atoms with Gasteiger partial charge in [-0.3, -0.25) is 10.1 Å². The van der Waals surface area contributed by atoms with E-state index >= 15 is 0 Å². The van der Waals surface area contributed by atoms with Crippen LogP contribution >= 0.6 is 11.3 Å². The van der Waals surface area contributed by atoms with Crippen molar-refractivity contribution in [2.75, 3.05) is 7.11 Å². The van der Waals surface area contributed by atoms with Crippen LogP contribution in [0.5, 0.6) is 11.5 Å².